The van der Waals surface area contributed by atoms with E-state index in [4.69, 9.17) is 9.72 Å². The van der Waals surface area contributed by atoms with Crippen molar-refractivity contribution in [2.24, 2.45) is 19.5 Å². The van der Waals surface area contributed by atoms with Crippen LogP contribution in [0.5, 0.6) is 0 Å². The number of hydrogen-bond donors (Lipinski definition) is 0. The number of nitrogens with zero attached hydrogens (tertiary/aromatic N) is 7. The van der Waals surface area contributed by atoms with E-state index in [-0.39, 0.29) is 0 Å². The molecule has 0 unspecified atom stereocenters. The summed E-state index contributed by atoms with van der Waals surface area (Å²) in [5.41, 5.74) is 3.04. The zero-order valence-corrected chi connectivity index (χ0v) is 17.4. The first-order valence-corrected chi connectivity index (χ1v) is 10.2. The number of imidazole rings is 1. The van der Waals surface area contributed by atoms with Gasteiger partial charge in [0.2, 0.25) is 5.82 Å². The van der Waals surface area contributed by atoms with Crippen LogP contribution in [0, 0.1) is 17.3 Å². The minimum Gasteiger partial charge on any atom is -0.380 e. The monoisotopic (exact) mass is 411 g/mol. The zero-order chi connectivity index (χ0) is 21.0. The lowest BCUT2D eigenvalue weighted by Crippen LogP contribution is -2.66. The van der Waals surface area contributed by atoms with E-state index in [0.717, 1.165) is 54.4 Å². The van der Waals surface area contributed by atoms with Crippen molar-refractivity contribution in [2.45, 2.75) is 0 Å². The highest BCUT2D eigenvalue weighted by Crippen LogP contribution is 2.41. The number of anilines is 1. The standard InChI is InChI=1S/C23H21N7O/c1-28-11-18(16-6-4-3-5-7-16)25-20(28)9-8-19-26-21-17(10-24-29(21)2)22(27-19)30-12-23(13-30)14-31-15-23/h3-7,10-11H,12-15H2,1-2H3. The van der Waals surface area contributed by atoms with Crippen LogP contribution in [0.4, 0.5) is 5.82 Å². The van der Waals surface area contributed by atoms with Crippen LogP contribution in [0.1, 0.15) is 11.6 Å². The van der Waals surface area contributed by atoms with Crippen molar-refractivity contribution in [3.8, 4) is 23.1 Å². The Hall–Kier alpha value is -3.70. The first kappa shape index (κ1) is 18.1. The first-order chi connectivity index (χ1) is 15.1. The van der Waals surface area contributed by atoms with E-state index in [2.05, 4.69) is 31.8 Å². The highest BCUT2D eigenvalue weighted by Gasteiger charge is 2.49. The molecule has 1 spiro atoms. The molecular weight excluding hydrogens is 390 g/mol. The summed E-state index contributed by atoms with van der Waals surface area (Å²) in [5, 5.41) is 5.33. The second-order valence-corrected chi connectivity index (χ2v) is 8.40. The second kappa shape index (κ2) is 6.65. The van der Waals surface area contributed by atoms with Gasteiger partial charge in [0, 0.05) is 38.9 Å². The van der Waals surface area contributed by atoms with Crippen LogP contribution >= 0.6 is 0 Å². The van der Waals surface area contributed by atoms with Gasteiger partial charge in [-0.05, 0) is 11.8 Å². The number of ether oxygens (including phenoxy) is 1. The lowest BCUT2D eigenvalue weighted by atomic mass is 9.78. The molecule has 1 aromatic carbocycles. The average molecular weight is 411 g/mol. The zero-order valence-electron chi connectivity index (χ0n) is 17.4. The molecule has 8 heteroatoms. The van der Waals surface area contributed by atoms with Crippen LogP contribution < -0.4 is 4.90 Å². The van der Waals surface area contributed by atoms with Gasteiger partial charge in [-0.1, -0.05) is 30.3 Å². The summed E-state index contributed by atoms with van der Waals surface area (Å²) in [6.07, 6.45) is 3.81. The number of benzene rings is 1. The van der Waals surface area contributed by atoms with Gasteiger partial charge in [0.05, 0.1) is 35.9 Å². The Morgan fingerprint density at radius 3 is 2.55 bits per heavy atom. The van der Waals surface area contributed by atoms with E-state index in [1.807, 2.05) is 61.4 Å². The Kier molecular flexibility index (Phi) is 3.88. The van der Waals surface area contributed by atoms with Crippen LogP contribution in [0.2, 0.25) is 0 Å². The van der Waals surface area contributed by atoms with Crippen molar-refractivity contribution in [1.29, 1.82) is 0 Å². The number of hydrogen-bond acceptors (Lipinski definition) is 6. The average Bonchev–Trinajstić information content (AvgIpc) is 3.28. The van der Waals surface area contributed by atoms with Gasteiger partial charge in [0.1, 0.15) is 5.82 Å². The summed E-state index contributed by atoms with van der Waals surface area (Å²) in [5.74, 6) is 8.30. The van der Waals surface area contributed by atoms with Gasteiger partial charge in [-0.2, -0.15) is 5.10 Å². The summed E-state index contributed by atoms with van der Waals surface area (Å²) in [4.78, 5) is 16.4. The fourth-order valence-corrected chi connectivity index (χ4v) is 4.23. The number of aromatic nitrogens is 6. The maximum Gasteiger partial charge on any atom is 0.209 e. The number of fused-ring (bicyclic) bond motifs is 1. The molecule has 2 aliphatic heterocycles. The summed E-state index contributed by atoms with van der Waals surface area (Å²) in [6.45, 7) is 3.56. The van der Waals surface area contributed by atoms with E-state index in [0.29, 0.717) is 17.1 Å². The number of aryl methyl sites for hydroxylation is 2. The van der Waals surface area contributed by atoms with Crippen molar-refractivity contribution in [2.75, 3.05) is 31.2 Å². The third-order valence-electron chi connectivity index (χ3n) is 5.97. The highest BCUT2D eigenvalue weighted by molar-refractivity contribution is 5.87. The maximum absolute atomic E-state index is 5.40. The minimum atomic E-state index is 0.298. The molecule has 0 bridgehead atoms. The van der Waals surface area contributed by atoms with Crippen molar-refractivity contribution in [3.05, 3.63) is 54.4 Å². The highest BCUT2D eigenvalue weighted by atomic mass is 16.5. The summed E-state index contributed by atoms with van der Waals surface area (Å²) in [6, 6.07) is 10.1. The molecule has 0 saturated carbocycles. The van der Waals surface area contributed by atoms with E-state index in [1.165, 1.54) is 0 Å². The molecule has 0 amide bonds. The topological polar surface area (TPSA) is 73.9 Å². The Morgan fingerprint density at radius 1 is 1.00 bits per heavy atom. The molecule has 2 aliphatic rings. The Bertz CT molecular complexity index is 1350. The summed E-state index contributed by atoms with van der Waals surface area (Å²) < 4.78 is 9.10. The Labute approximate surface area is 179 Å². The molecule has 0 radical (unpaired) electrons. The molecule has 0 aliphatic carbocycles. The normalized spacial score (nSPS) is 16.6. The predicted octanol–water partition coefficient (Wildman–Crippen LogP) is 2.00. The first-order valence-electron chi connectivity index (χ1n) is 10.2. The molecule has 31 heavy (non-hydrogen) atoms. The van der Waals surface area contributed by atoms with E-state index >= 15 is 0 Å². The van der Waals surface area contributed by atoms with Crippen LogP contribution in [0.25, 0.3) is 22.3 Å². The van der Waals surface area contributed by atoms with Crippen LogP contribution in [-0.2, 0) is 18.8 Å². The lowest BCUT2D eigenvalue weighted by molar-refractivity contribution is -0.127. The van der Waals surface area contributed by atoms with E-state index in [1.54, 1.807) is 4.68 Å². The van der Waals surface area contributed by atoms with Gasteiger partial charge < -0.3 is 14.2 Å². The largest absolute Gasteiger partial charge is 0.380 e. The summed E-state index contributed by atoms with van der Waals surface area (Å²) in [7, 11) is 3.83. The third-order valence-corrected chi connectivity index (χ3v) is 5.97. The Balaban J connectivity index is 1.35. The molecule has 5 heterocycles. The summed E-state index contributed by atoms with van der Waals surface area (Å²) >= 11 is 0. The van der Waals surface area contributed by atoms with E-state index in [9.17, 15) is 0 Å². The van der Waals surface area contributed by atoms with Gasteiger partial charge in [0.25, 0.3) is 0 Å². The van der Waals surface area contributed by atoms with E-state index < -0.39 is 0 Å². The molecule has 8 nitrogen and oxygen atoms in total. The van der Waals surface area contributed by atoms with Gasteiger partial charge in [-0.3, -0.25) is 4.68 Å². The molecule has 3 aromatic heterocycles. The quantitative estimate of drug-likeness (QED) is 0.470. The fourth-order valence-electron chi connectivity index (χ4n) is 4.23. The molecule has 4 aromatic rings. The smallest absolute Gasteiger partial charge is 0.209 e. The lowest BCUT2D eigenvalue weighted by Gasteiger charge is -2.55. The van der Waals surface area contributed by atoms with Crippen molar-refractivity contribution >= 4 is 16.9 Å². The maximum atomic E-state index is 5.40. The molecule has 6 rings (SSSR count). The molecule has 2 fully saturated rings. The minimum absolute atomic E-state index is 0.298. The third kappa shape index (κ3) is 2.97. The fraction of sp³-hybridized carbons (Fsp3) is 0.304. The van der Waals surface area contributed by atoms with Crippen molar-refractivity contribution in [3.63, 3.8) is 0 Å². The van der Waals surface area contributed by atoms with Gasteiger partial charge in [-0.15, -0.1) is 0 Å². The van der Waals surface area contributed by atoms with Crippen LogP contribution in [-0.4, -0.2) is 55.6 Å². The van der Waals surface area contributed by atoms with Gasteiger partial charge in [-0.25, -0.2) is 15.0 Å². The SMILES string of the molecule is Cn1cc(-c2ccccc2)nc1C#Cc1nc(N2CC3(COC3)C2)c2cnn(C)c2n1. The predicted molar refractivity (Wildman–Crippen MR) is 116 cm³/mol. The Morgan fingerprint density at radius 2 is 1.81 bits per heavy atom. The molecule has 0 atom stereocenters. The molecular formula is C23H21N7O. The van der Waals surface area contributed by atoms with Crippen molar-refractivity contribution < 1.29 is 4.74 Å². The van der Waals surface area contributed by atoms with Crippen LogP contribution in [0.3, 0.4) is 0 Å². The molecule has 0 N–H and O–H groups in total. The van der Waals surface area contributed by atoms with Crippen LogP contribution in [0.15, 0.2) is 42.7 Å². The van der Waals surface area contributed by atoms with Crippen molar-refractivity contribution in [1.82, 2.24) is 29.3 Å². The second-order valence-electron chi connectivity index (χ2n) is 8.40. The van der Waals surface area contributed by atoms with Gasteiger partial charge >= 0.3 is 0 Å². The molecule has 2 saturated heterocycles. The number of rotatable bonds is 2. The molecule has 154 valence electrons. The van der Waals surface area contributed by atoms with Gasteiger partial charge in [0.15, 0.2) is 11.5 Å².